The number of nitrogens with zero attached hydrogens (tertiary/aromatic N) is 1. The Balaban J connectivity index is 2.17. The molecule has 1 unspecified atom stereocenters. The zero-order valence-electron chi connectivity index (χ0n) is 12.8. The van der Waals surface area contributed by atoms with Gasteiger partial charge in [0.15, 0.2) is 0 Å². The average molecular weight is 278 g/mol. The third-order valence-electron chi connectivity index (χ3n) is 4.45. The van der Waals surface area contributed by atoms with Crippen LogP contribution in [0.2, 0.25) is 0 Å². The highest BCUT2D eigenvalue weighted by Gasteiger charge is 2.47. The quantitative estimate of drug-likeness (QED) is 0.789. The van der Waals surface area contributed by atoms with Crippen LogP contribution in [0.5, 0.6) is 5.75 Å². The Hall–Kier alpha value is -1.10. The van der Waals surface area contributed by atoms with Crippen molar-refractivity contribution in [3.05, 3.63) is 29.8 Å². The average Bonchev–Trinajstić information content (AvgIpc) is 3.30. The molecular formula is C16H26N2O2. The second-order valence-corrected chi connectivity index (χ2v) is 5.68. The Kier molecular flexibility index (Phi) is 5.02. The lowest BCUT2D eigenvalue weighted by Gasteiger charge is -2.41. The first kappa shape index (κ1) is 15.3. The van der Waals surface area contributed by atoms with E-state index >= 15 is 0 Å². The number of benzene rings is 1. The molecule has 0 spiro atoms. The van der Waals surface area contributed by atoms with Crippen molar-refractivity contribution in [1.29, 1.82) is 0 Å². The van der Waals surface area contributed by atoms with Gasteiger partial charge in [0.1, 0.15) is 5.75 Å². The minimum atomic E-state index is -0.0599. The third kappa shape index (κ3) is 2.97. The fourth-order valence-corrected chi connectivity index (χ4v) is 3.04. The summed E-state index contributed by atoms with van der Waals surface area (Å²) < 4.78 is 10.9. The Bertz CT molecular complexity index is 434. The molecule has 1 saturated carbocycles. The van der Waals surface area contributed by atoms with E-state index in [0.717, 1.165) is 12.3 Å². The summed E-state index contributed by atoms with van der Waals surface area (Å²) in [6.45, 7) is 2.12. The molecule has 1 aromatic rings. The molecule has 4 heteroatoms. The smallest absolute Gasteiger partial charge is 0.123 e. The van der Waals surface area contributed by atoms with Gasteiger partial charge in [0.2, 0.25) is 0 Å². The molecule has 1 fully saturated rings. The van der Waals surface area contributed by atoms with Crippen molar-refractivity contribution in [3.63, 3.8) is 0 Å². The fourth-order valence-electron chi connectivity index (χ4n) is 3.04. The van der Waals surface area contributed by atoms with Crippen LogP contribution in [0.4, 0.5) is 0 Å². The second-order valence-electron chi connectivity index (χ2n) is 5.68. The number of nitrogens with two attached hydrogens (primary N) is 1. The molecule has 0 amide bonds. The molecule has 0 heterocycles. The van der Waals surface area contributed by atoms with E-state index in [2.05, 4.69) is 18.0 Å². The molecule has 0 radical (unpaired) electrons. The van der Waals surface area contributed by atoms with E-state index in [-0.39, 0.29) is 5.54 Å². The summed E-state index contributed by atoms with van der Waals surface area (Å²) in [7, 11) is 5.60. The van der Waals surface area contributed by atoms with Gasteiger partial charge in [-0.05, 0) is 31.9 Å². The van der Waals surface area contributed by atoms with E-state index in [4.69, 9.17) is 15.2 Å². The van der Waals surface area contributed by atoms with Gasteiger partial charge in [-0.15, -0.1) is 0 Å². The van der Waals surface area contributed by atoms with Crippen molar-refractivity contribution < 1.29 is 9.47 Å². The van der Waals surface area contributed by atoms with Crippen molar-refractivity contribution in [2.24, 2.45) is 11.7 Å². The number of hydrogen-bond donors (Lipinski definition) is 1. The third-order valence-corrected chi connectivity index (χ3v) is 4.45. The summed E-state index contributed by atoms with van der Waals surface area (Å²) >= 11 is 0. The summed E-state index contributed by atoms with van der Waals surface area (Å²) in [6.07, 6.45) is 2.49. The maximum Gasteiger partial charge on any atom is 0.123 e. The molecule has 4 nitrogen and oxygen atoms in total. The first-order valence-corrected chi connectivity index (χ1v) is 7.20. The predicted octanol–water partition coefficient (Wildman–Crippen LogP) is 1.88. The van der Waals surface area contributed by atoms with Crippen LogP contribution < -0.4 is 10.5 Å². The van der Waals surface area contributed by atoms with Crippen LogP contribution in [-0.2, 0) is 11.3 Å². The first-order valence-electron chi connectivity index (χ1n) is 7.20. The summed E-state index contributed by atoms with van der Waals surface area (Å²) in [5.74, 6) is 1.57. The number of methoxy groups -OCH3 is 2. The number of rotatable bonds is 8. The van der Waals surface area contributed by atoms with Crippen LogP contribution in [0.15, 0.2) is 24.3 Å². The largest absolute Gasteiger partial charge is 0.496 e. The second kappa shape index (κ2) is 6.57. The van der Waals surface area contributed by atoms with Crippen molar-refractivity contribution in [3.8, 4) is 5.75 Å². The van der Waals surface area contributed by atoms with Gasteiger partial charge in [0.25, 0.3) is 0 Å². The highest BCUT2D eigenvalue weighted by atomic mass is 16.5. The summed E-state index contributed by atoms with van der Waals surface area (Å²) in [4.78, 5) is 2.34. The number of para-hydroxylation sites is 1. The summed E-state index contributed by atoms with van der Waals surface area (Å²) in [5, 5.41) is 0. The van der Waals surface area contributed by atoms with Gasteiger partial charge >= 0.3 is 0 Å². The molecule has 2 N–H and O–H groups in total. The maximum atomic E-state index is 6.11. The molecular weight excluding hydrogens is 252 g/mol. The molecule has 20 heavy (non-hydrogen) atoms. The number of ether oxygens (including phenoxy) is 2. The van der Waals surface area contributed by atoms with Crippen LogP contribution in [0, 0.1) is 5.92 Å². The lowest BCUT2D eigenvalue weighted by Crippen LogP contribution is -2.56. The van der Waals surface area contributed by atoms with Crippen LogP contribution in [0.3, 0.4) is 0 Å². The molecule has 0 aliphatic heterocycles. The number of likely N-dealkylation sites (N-methyl/N-ethyl adjacent to an activating group) is 1. The Morgan fingerprint density at radius 2 is 2.00 bits per heavy atom. The Labute approximate surface area is 121 Å². The van der Waals surface area contributed by atoms with Gasteiger partial charge in [0.05, 0.1) is 19.3 Å². The van der Waals surface area contributed by atoms with E-state index in [0.29, 0.717) is 19.1 Å². The van der Waals surface area contributed by atoms with Crippen LogP contribution >= 0.6 is 0 Å². The summed E-state index contributed by atoms with van der Waals surface area (Å²) in [5.41, 5.74) is 7.23. The predicted molar refractivity (Wildman–Crippen MR) is 80.8 cm³/mol. The monoisotopic (exact) mass is 278 g/mol. The van der Waals surface area contributed by atoms with Crippen molar-refractivity contribution in [2.75, 3.05) is 34.4 Å². The highest BCUT2D eigenvalue weighted by Crippen LogP contribution is 2.43. The van der Waals surface area contributed by atoms with Gasteiger partial charge in [0, 0.05) is 25.8 Å². The normalized spacial score (nSPS) is 18.1. The highest BCUT2D eigenvalue weighted by molar-refractivity contribution is 5.33. The van der Waals surface area contributed by atoms with E-state index in [9.17, 15) is 0 Å². The fraction of sp³-hybridized carbons (Fsp3) is 0.625. The van der Waals surface area contributed by atoms with Crippen LogP contribution in [-0.4, -0.2) is 44.9 Å². The minimum absolute atomic E-state index is 0.0599. The zero-order valence-corrected chi connectivity index (χ0v) is 12.8. The molecule has 1 aliphatic rings. The van der Waals surface area contributed by atoms with Gasteiger partial charge in [-0.2, -0.15) is 0 Å². The first-order chi connectivity index (χ1) is 9.67. The minimum Gasteiger partial charge on any atom is -0.496 e. The molecule has 2 rings (SSSR count). The maximum absolute atomic E-state index is 6.11. The SMILES string of the molecule is COCC(CN)(C1CC1)N(C)Cc1ccccc1OC. The van der Waals surface area contributed by atoms with Gasteiger partial charge < -0.3 is 15.2 Å². The molecule has 1 aliphatic carbocycles. The van der Waals surface area contributed by atoms with E-state index in [1.165, 1.54) is 18.4 Å². The molecule has 0 bridgehead atoms. The Morgan fingerprint density at radius 3 is 2.55 bits per heavy atom. The topological polar surface area (TPSA) is 47.7 Å². The van der Waals surface area contributed by atoms with Gasteiger partial charge in [-0.1, -0.05) is 18.2 Å². The Morgan fingerprint density at radius 1 is 1.30 bits per heavy atom. The lowest BCUT2D eigenvalue weighted by molar-refractivity contribution is 0.0101. The van der Waals surface area contributed by atoms with E-state index in [1.807, 2.05) is 18.2 Å². The lowest BCUT2D eigenvalue weighted by atomic mass is 9.91. The van der Waals surface area contributed by atoms with Gasteiger partial charge in [-0.25, -0.2) is 0 Å². The van der Waals surface area contributed by atoms with Crippen LogP contribution in [0.25, 0.3) is 0 Å². The molecule has 0 saturated heterocycles. The molecule has 112 valence electrons. The van der Waals surface area contributed by atoms with Crippen molar-refractivity contribution in [1.82, 2.24) is 4.90 Å². The molecule has 1 aromatic carbocycles. The summed E-state index contributed by atoms with van der Waals surface area (Å²) in [6, 6.07) is 8.15. The molecule has 0 aromatic heterocycles. The standard InChI is InChI=1S/C16H26N2O2/c1-18(10-13-6-4-5-7-15(13)20-3)16(11-17,12-19-2)14-8-9-14/h4-7,14H,8-12,17H2,1-3H3. The van der Waals surface area contributed by atoms with E-state index in [1.54, 1.807) is 14.2 Å². The molecule has 1 atom stereocenters. The van der Waals surface area contributed by atoms with Gasteiger partial charge in [-0.3, -0.25) is 4.90 Å². The van der Waals surface area contributed by atoms with Crippen molar-refractivity contribution >= 4 is 0 Å². The zero-order chi connectivity index (χ0) is 14.6. The van der Waals surface area contributed by atoms with Crippen molar-refractivity contribution in [2.45, 2.75) is 24.9 Å². The van der Waals surface area contributed by atoms with Crippen LogP contribution in [0.1, 0.15) is 18.4 Å². The van der Waals surface area contributed by atoms with E-state index < -0.39 is 0 Å². The number of hydrogen-bond acceptors (Lipinski definition) is 4.